The number of carbonyl (C=O) groups is 1. The maximum absolute atomic E-state index is 12.2. The van der Waals surface area contributed by atoms with Gasteiger partial charge in [-0.15, -0.1) is 10.2 Å². The number of nitrogens with two attached hydrogens (primary N) is 1. The number of hydrogen-bond acceptors (Lipinski definition) is 5. The van der Waals surface area contributed by atoms with Gasteiger partial charge in [-0.3, -0.25) is 9.36 Å². The molecule has 1 amide bonds. The molecule has 2 N–H and O–H groups in total. The number of nitrogens with zero attached hydrogens (tertiary/aromatic N) is 4. The van der Waals surface area contributed by atoms with Crippen molar-refractivity contribution in [2.24, 2.45) is 5.92 Å². The molecule has 6 nitrogen and oxygen atoms in total. The van der Waals surface area contributed by atoms with Crippen LogP contribution in [0.1, 0.15) is 39.7 Å². The fraction of sp³-hybridized carbons (Fsp3) is 0.769. The topological polar surface area (TPSA) is 77.0 Å². The lowest BCUT2D eigenvalue weighted by Crippen LogP contribution is -2.40. The Labute approximate surface area is 124 Å². The fourth-order valence-corrected chi connectivity index (χ4v) is 3.48. The SMILES string of the molecule is CC1CCCN(C(=O)CSc2nnc(N)n2C(C)C)C1. The lowest BCUT2D eigenvalue weighted by Gasteiger charge is -2.30. The monoisotopic (exact) mass is 297 g/mol. The van der Waals surface area contributed by atoms with Crippen molar-refractivity contribution in [3.8, 4) is 0 Å². The van der Waals surface area contributed by atoms with E-state index in [1.165, 1.54) is 18.2 Å². The number of amides is 1. The minimum atomic E-state index is 0.179. The van der Waals surface area contributed by atoms with E-state index in [2.05, 4.69) is 17.1 Å². The van der Waals surface area contributed by atoms with Gasteiger partial charge in [-0.25, -0.2) is 0 Å². The van der Waals surface area contributed by atoms with Crippen molar-refractivity contribution in [1.82, 2.24) is 19.7 Å². The van der Waals surface area contributed by atoms with Crippen molar-refractivity contribution in [3.63, 3.8) is 0 Å². The first-order chi connectivity index (χ1) is 9.49. The van der Waals surface area contributed by atoms with E-state index in [-0.39, 0.29) is 11.9 Å². The van der Waals surface area contributed by atoms with Gasteiger partial charge in [0.1, 0.15) is 0 Å². The molecule has 112 valence electrons. The molecule has 1 atom stereocenters. The number of nitrogen functional groups attached to an aromatic ring is 1. The number of aromatic nitrogens is 3. The molecule has 7 heteroatoms. The summed E-state index contributed by atoms with van der Waals surface area (Å²) in [6.45, 7) is 8.00. The first kappa shape index (κ1) is 15.2. The summed E-state index contributed by atoms with van der Waals surface area (Å²) in [7, 11) is 0. The second-order valence-electron chi connectivity index (χ2n) is 5.68. The number of thioether (sulfide) groups is 1. The Morgan fingerprint density at radius 2 is 2.25 bits per heavy atom. The van der Waals surface area contributed by atoms with Crippen LogP contribution >= 0.6 is 11.8 Å². The van der Waals surface area contributed by atoms with E-state index in [0.717, 1.165) is 24.7 Å². The molecule has 1 fully saturated rings. The number of likely N-dealkylation sites (tertiary alicyclic amines) is 1. The molecule has 0 saturated carbocycles. The number of piperidine rings is 1. The maximum Gasteiger partial charge on any atom is 0.233 e. The minimum Gasteiger partial charge on any atom is -0.368 e. The largest absolute Gasteiger partial charge is 0.368 e. The van der Waals surface area contributed by atoms with Crippen LogP contribution in [0.4, 0.5) is 5.95 Å². The highest BCUT2D eigenvalue weighted by molar-refractivity contribution is 7.99. The summed E-state index contributed by atoms with van der Waals surface area (Å²) in [5.74, 6) is 1.59. The third kappa shape index (κ3) is 3.45. The number of anilines is 1. The highest BCUT2D eigenvalue weighted by Crippen LogP contribution is 2.23. The summed E-state index contributed by atoms with van der Waals surface area (Å²) < 4.78 is 1.86. The quantitative estimate of drug-likeness (QED) is 0.857. The maximum atomic E-state index is 12.2. The van der Waals surface area contributed by atoms with Crippen LogP contribution in [-0.4, -0.2) is 44.4 Å². The molecule has 0 aliphatic carbocycles. The van der Waals surface area contributed by atoms with Crippen molar-refractivity contribution in [2.45, 2.75) is 44.8 Å². The van der Waals surface area contributed by atoms with Crippen molar-refractivity contribution in [1.29, 1.82) is 0 Å². The highest BCUT2D eigenvalue weighted by atomic mass is 32.2. The summed E-state index contributed by atoms with van der Waals surface area (Å²) in [5, 5.41) is 8.65. The third-order valence-electron chi connectivity index (χ3n) is 3.54. The first-order valence-corrected chi connectivity index (χ1v) is 8.08. The molecule has 1 aromatic heterocycles. The van der Waals surface area contributed by atoms with Crippen LogP contribution in [-0.2, 0) is 4.79 Å². The lowest BCUT2D eigenvalue weighted by molar-refractivity contribution is -0.130. The standard InChI is InChI=1S/C13H23N5OS/c1-9(2)18-12(14)15-16-13(18)20-8-11(19)17-6-4-5-10(3)7-17/h9-10H,4-8H2,1-3H3,(H2,14,15). The van der Waals surface area contributed by atoms with Crippen LogP contribution < -0.4 is 5.73 Å². The molecular weight excluding hydrogens is 274 g/mol. The molecule has 2 heterocycles. The van der Waals surface area contributed by atoms with Gasteiger partial charge in [0.25, 0.3) is 0 Å². The normalized spacial score (nSPS) is 19.6. The summed E-state index contributed by atoms with van der Waals surface area (Å²) in [4.78, 5) is 14.2. The van der Waals surface area contributed by atoms with E-state index in [1.807, 2.05) is 23.3 Å². The van der Waals surface area contributed by atoms with Crippen LogP contribution in [0.3, 0.4) is 0 Å². The summed E-state index contributed by atoms with van der Waals surface area (Å²) in [6.07, 6.45) is 2.32. The highest BCUT2D eigenvalue weighted by Gasteiger charge is 2.22. The van der Waals surface area contributed by atoms with Crippen LogP contribution in [0.2, 0.25) is 0 Å². The van der Waals surface area contributed by atoms with Crippen LogP contribution in [0.5, 0.6) is 0 Å². The average molecular weight is 297 g/mol. The molecule has 1 aliphatic heterocycles. The van der Waals surface area contributed by atoms with Crippen LogP contribution in [0.25, 0.3) is 0 Å². The average Bonchev–Trinajstić information content (AvgIpc) is 2.77. The van der Waals surface area contributed by atoms with Gasteiger partial charge in [-0.1, -0.05) is 18.7 Å². The number of hydrogen-bond donors (Lipinski definition) is 1. The fourth-order valence-electron chi connectivity index (χ4n) is 2.51. The molecule has 0 radical (unpaired) electrons. The van der Waals surface area contributed by atoms with Gasteiger partial charge in [0.05, 0.1) is 5.75 Å². The van der Waals surface area contributed by atoms with Crippen molar-refractivity contribution in [2.75, 3.05) is 24.6 Å². The predicted octanol–water partition coefficient (Wildman–Crippen LogP) is 1.79. The number of rotatable bonds is 4. The van der Waals surface area contributed by atoms with Gasteiger partial charge >= 0.3 is 0 Å². The molecular formula is C13H23N5OS. The van der Waals surface area contributed by atoms with Gasteiger partial charge in [0.2, 0.25) is 11.9 Å². The zero-order valence-electron chi connectivity index (χ0n) is 12.4. The van der Waals surface area contributed by atoms with E-state index in [9.17, 15) is 4.79 Å². The minimum absolute atomic E-state index is 0.179. The molecule has 0 aromatic carbocycles. The van der Waals surface area contributed by atoms with Crippen molar-refractivity contribution < 1.29 is 4.79 Å². The van der Waals surface area contributed by atoms with Gasteiger partial charge < -0.3 is 10.6 Å². The summed E-state index contributed by atoms with van der Waals surface area (Å²) in [5.41, 5.74) is 5.79. The van der Waals surface area contributed by atoms with Gasteiger partial charge in [-0.05, 0) is 32.6 Å². The molecule has 1 aromatic rings. The van der Waals surface area contributed by atoms with Crippen molar-refractivity contribution in [3.05, 3.63) is 0 Å². The van der Waals surface area contributed by atoms with E-state index >= 15 is 0 Å². The van der Waals surface area contributed by atoms with Crippen LogP contribution in [0.15, 0.2) is 5.16 Å². The van der Waals surface area contributed by atoms with Gasteiger partial charge in [-0.2, -0.15) is 0 Å². The Hall–Kier alpha value is -1.24. The van der Waals surface area contributed by atoms with E-state index in [0.29, 0.717) is 17.6 Å². The first-order valence-electron chi connectivity index (χ1n) is 7.10. The molecule has 20 heavy (non-hydrogen) atoms. The molecule has 1 unspecified atom stereocenters. The third-order valence-corrected chi connectivity index (χ3v) is 4.47. The molecule has 0 spiro atoms. The molecule has 1 saturated heterocycles. The Morgan fingerprint density at radius 3 is 2.90 bits per heavy atom. The molecule has 0 bridgehead atoms. The van der Waals surface area contributed by atoms with Crippen LogP contribution in [0, 0.1) is 5.92 Å². The van der Waals surface area contributed by atoms with E-state index < -0.39 is 0 Å². The Balaban J connectivity index is 1.93. The zero-order chi connectivity index (χ0) is 14.7. The van der Waals surface area contributed by atoms with Gasteiger partial charge in [0, 0.05) is 19.1 Å². The van der Waals surface area contributed by atoms with Gasteiger partial charge in [0.15, 0.2) is 5.16 Å². The number of carbonyl (C=O) groups excluding carboxylic acids is 1. The Morgan fingerprint density at radius 1 is 1.50 bits per heavy atom. The summed E-state index contributed by atoms with van der Waals surface area (Å²) >= 11 is 1.42. The Bertz CT molecular complexity index is 473. The lowest BCUT2D eigenvalue weighted by atomic mass is 10.0. The Kier molecular flexibility index (Phi) is 4.91. The molecule has 1 aliphatic rings. The second kappa shape index (κ2) is 6.47. The zero-order valence-corrected chi connectivity index (χ0v) is 13.2. The van der Waals surface area contributed by atoms with E-state index in [1.54, 1.807) is 0 Å². The smallest absolute Gasteiger partial charge is 0.233 e. The van der Waals surface area contributed by atoms with Crippen molar-refractivity contribution >= 4 is 23.6 Å². The molecule has 2 rings (SSSR count). The van der Waals surface area contributed by atoms with E-state index in [4.69, 9.17) is 5.73 Å². The summed E-state index contributed by atoms with van der Waals surface area (Å²) in [6, 6.07) is 0.192. The second-order valence-corrected chi connectivity index (χ2v) is 6.62. The predicted molar refractivity (Wildman–Crippen MR) is 80.5 cm³/mol.